The number of carbonyl (C=O) groups excluding carboxylic acids is 1. The summed E-state index contributed by atoms with van der Waals surface area (Å²) in [7, 11) is 0. The quantitative estimate of drug-likeness (QED) is 0.812. The summed E-state index contributed by atoms with van der Waals surface area (Å²) in [5, 5.41) is 11.5. The van der Waals surface area contributed by atoms with E-state index in [2.05, 4.69) is 5.32 Å². The van der Waals surface area contributed by atoms with Crippen LogP contribution in [0.4, 0.5) is 5.69 Å². The van der Waals surface area contributed by atoms with Gasteiger partial charge in [0.1, 0.15) is 0 Å². The van der Waals surface area contributed by atoms with Gasteiger partial charge in [0.25, 0.3) is 0 Å². The molecule has 0 aromatic heterocycles. The van der Waals surface area contributed by atoms with Crippen LogP contribution in [0.15, 0.2) is 24.3 Å². The number of carboxylic acids is 1. The molecule has 2 N–H and O–H groups in total. The normalized spacial score (nSPS) is 17.9. The molecule has 1 saturated heterocycles. The minimum Gasteiger partial charge on any atom is -0.481 e. The summed E-state index contributed by atoms with van der Waals surface area (Å²) < 4.78 is 5.61. The van der Waals surface area contributed by atoms with Crippen molar-refractivity contribution in [1.82, 2.24) is 0 Å². The molecule has 1 atom stereocenters. The maximum Gasteiger partial charge on any atom is 0.303 e. The van der Waals surface area contributed by atoms with Crippen LogP contribution in [-0.2, 0) is 20.7 Å². The molecule has 0 radical (unpaired) electrons. The summed E-state index contributed by atoms with van der Waals surface area (Å²) in [5.74, 6) is -0.810. The van der Waals surface area contributed by atoms with E-state index in [1.807, 2.05) is 24.3 Å². The first-order valence-corrected chi connectivity index (χ1v) is 7.85. The Balaban J connectivity index is 1.72. The molecule has 0 aliphatic carbocycles. The summed E-state index contributed by atoms with van der Waals surface area (Å²) in [6, 6.07) is 7.32. The van der Waals surface area contributed by atoms with Gasteiger partial charge in [0, 0.05) is 25.1 Å². The third kappa shape index (κ3) is 5.85. The van der Waals surface area contributed by atoms with E-state index in [0.29, 0.717) is 12.8 Å². The van der Waals surface area contributed by atoms with Gasteiger partial charge in [0.2, 0.25) is 5.91 Å². The zero-order valence-corrected chi connectivity index (χ0v) is 12.7. The largest absolute Gasteiger partial charge is 0.481 e. The maximum atomic E-state index is 11.9. The average Bonchev–Trinajstić information content (AvgIpc) is 2.53. The molecular weight excluding hydrogens is 282 g/mol. The Morgan fingerprint density at radius 3 is 2.59 bits per heavy atom. The highest BCUT2D eigenvalue weighted by Crippen LogP contribution is 2.18. The van der Waals surface area contributed by atoms with Crippen LogP contribution in [-0.4, -0.2) is 29.7 Å². The number of rotatable bonds is 7. The maximum absolute atomic E-state index is 11.9. The van der Waals surface area contributed by atoms with Crippen molar-refractivity contribution in [2.45, 2.75) is 51.0 Å². The number of aryl methyl sites for hydroxylation is 1. The van der Waals surface area contributed by atoms with E-state index in [1.165, 1.54) is 6.42 Å². The summed E-state index contributed by atoms with van der Waals surface area (Å²) in [6.45, 7) is 0.810. The van der Waals surface area contributed by atoms with Crippen LogP contribution in [0, 0.1) is 0 Å². The fourth-order valence-electron chi connectivity index (χ4n) is 2.56. The van der Waals surface area contributed by atoms with Gasteiger partial charge in [-0.15, -0.1) is 0 Å². The lowest BCUT2D eigenvalue weighted by Crippen LogP contribution is -2.21. The highest BCUT2D eigenvalue weighted by Gasteiger charge is 2.15. The molecule has 1 fully saturated rings. The Morgan fingerprint density at radius 1 is 1.18 bits per heavy atom. The Hall–Kier alpha value is -1.88. The van der Waals surface area contributed by atoms with Crippen molar-refractivity contribution in [3.8, 4) is 0 Å². The number of nitrogens with one attached hydrogen (secondary N) is 1. The van der Waals surface area contributed by atoms with Crippen molar-refractivity contribution in [1.29, 1.82) is 0 Å². The third-order valence-electron chi connectivity index (χ3n) is 3.83. The molecule has 0 saturated carbocycles. The first-order valence-electron chi connectivity index (χ1n) is 7.85. The number of aliphatic carboxylic acids is 1. The molecule has 1 heterocycles. The number of hydrogen-bond donors (Lipinski definition) is 2. The van der Waals surface area contributed by atoms with Gasteiger partial charge in [-0.3, -0.25) is 9.59 Å². The molecule has 5 heteroatoms. The number of amides is 1. The van der Waals surface area contributed by atoms with Crippen molar-refractivity contribution in [2.75, 3.05) is 11.9 Å². The predicted octanol–water partition coefficient (Wildman–Crippen LogP) is 2.99. The van der Waals surface area contributed by atoms with Gasteiger partial charge >= 0.3 is 5.97 Å². The van der Waals surface area contributed by atoms with Crippen molar-refractivity contribution in [3.05, 3.63) is 29.8 Å². The van der Waals surface area contributed by atoms with Crippen LogP contribution in [0.2, 0.25) is 0 Å². The minimum atomic E-state index is -0.803. The number of hydrogen-bond acceptors (Lipinski definition) is 3. The number of anilines is 1. The second-order valence-corrected chi connectivity index (χ2v) is 5.67. The average molecular weight is 305 g/mol. The van der Waals surface area contributed by atoms with E-state index >= 15 is 0 Å². The van der Waals surface area contributed by atoms with Gasteiger partial charge in [-0.2, -0.15) is 0 Å². The summed E-state index contributed by atoms with van der Waals surface area (Å²) in [4.78, 5) is 22.4. The predicted molar refractivity (Wildman–Crippen MR) is 83.9 cm³/mol. The Kier molecular flexibility index (Phi) is 6.40. The Bertz CT molecular complexity index is 492. The first-order chi connectivity index (χ1) is 10.6. The number of benzene rings is 1. The highest BCUT2D eigenvalue weighted by atomic mass is 16.5. The van der Waals surface area contributed by atoms with Gasteiger partial charge in [-0.05, 0) is 49.8 Å². The van der Waals surface area contributed by atoms with Gasteiger partial charge in [-0.25, -0.2) is 0 Å². The van der Waals surface area contributed by atoms with Crippen LogP contribution in [0.25, 0.3) is 0 Å². The molecule has 1 aromatic carbocycles. The molecule has 1 amide bonds. The number of carbonyl (C=O) groups is 2. The molecule has 1 unspecified atom stereocenters. The van der Waals surface area contributed by atoms with Crippen molar-refractivity contribution in [3.63, 3.8) is 0 Å². The van der Waals surface area contributed by atoms with Gasteiger partial charge in [0.15, 0.2) is 0 Å². The molecule has 1 aliphatic rings. The summed E-state index contributed by atoms with van der Waals surface area (Å²) in [5.41, 5.74) is 1.70. The lowest BCUT2D eigenvalue weighted by Gasteiger charge is -2.22. The molecule has 120 valence electrons. The highest BCUT2D eigenvalue weighted by molar-refractivity contribution is 5.90. The van der Waals surface area contributed by atoms with Crippen LogP contribution in [0.1, 0.15) is 44.1 Å². The van der Waals surface area contributed by atoms with Crippen LogP contribution in [0.5, 0.6) is 0 Å². The fourth-order valence-corrected chi connectivity index (χ4v) is 2.56. The number of carboxylic acid groups (broad SMARTS) is 1. The standard InChI is InChI=1S/C17H23NO4/c19-16(10-9-15-3-1-2-12-22-15)18-14-7-4-13(5-8-14)6-11-17(20)21/h4-5,7-8,15H,1-3,6,9-12H2,(H,18,19)(H,20,21). The second kappa shape index (κ2) is 8.54. The topological polar surface area (TPSA) is 75.6 Å². The van der Waals surface area contributed by atoms with Crippen molar-refractivity contribution < 1.29 is 19.4 Å². The van der Waals surface area contributed by atoms with Crippen LogP contribution >= 0.6 is 0 Å². The fraction of sp³-hybridized carbons (Fsp3) is 0.529. The molecule has 5 nitrogen and oxygen atoms in total. The van der Waals surface area contributed by atoms with E-state index in [4.69, 9.17) is 9.84 Å². The van der Waals surface area contributed by atoms with E-state index in [1.54, 1.807) is 0 Å². The van der Waals surface area contributed by atoms with Gasteiger partial charge in [-0.1, -0.05) is 12.1 Å². The van der Waals surface area contributed by atoms with Crippen molar-refractivity contribution >= 4 is 17.6 Å². The molecule has 1 aromatic rings. The Morgan fingerprint density at radius 2 is 1.95 bits per heavy atom. The minimum absolute atomic E-state index is 0.00698. The van der Waals surface area contributed by atoms with Crippen LogP contribution in [0.3, 0.4) is 0 Å². The van der Waals surface area contributed by atoms with E-state index in [0.717, 1.165) is 37.1 Å². The first kappa shape index (κ1) is 16.5. The molecule has 1 aliphatic heterocycles. The second-order valence-electron chi connectivity index (χ2n) is 5.67. The smallest absolute Gasteiger partial charge is 0.303 e. The Labute approximate surface area is 130 Å². The summed E-state index contributed by atoms with van der Waals surface area (Å²) in [6.07, 6.45) is 5.42. The SMILES string of the molecule is O=C(O)CCc1ccc(NC(=O)CCC2CCCCO2)cc1. The van der Waals surface area contributed by atoms with Gasteiger partial charge < -0.3 is 15.2 Å². The third-order valence-corrected chi connectivity index (χ3v) is 3.83. The zero-order valence-electron chi connectivity index (χ0n) is 12.7. The van der Waals surface area contributed by atoms with Crippen LogP contribution < -0.4 is 5.32 Å². The lowest BCUT2D eigenvalue weighted by molar-refractivity contribution is -0.137. The van der Waals surface area contributed by atoms with Gasteiger partial charge in [0.05, 0.1) is 6.10 Å². The summed E-state index contributed by atoms with van der Waals surface area (Å²) >= 11 is 0. The van der Waals surface area contributed by atoms with Crippen molar-refractivity contribution in [2.24, 2.45) is 0 Å². The lowest BCUT2D eigenvalue weighted by atomic mass is 10.0. The molecule has 2 rings (SSSR count). The van der Waals surface area contributed by atoms with E-state index in [-0.39, 0.29) is 18.4 Å². The van der Waals surface area contributed by atoms with E-state index in [9.17, 15) is 9.59 Å². The molecular formula is C17H23NO4. The van der Waals surface area contributed by atoms with E-state index < -0.39 is 5.97 Å². The molecule has 0 bridgehead atoms. The molecule has 22 heavy (non-hydrogen) atoms. The monoisotopic (exact) mass is 305 g/mol. The zero-order chi connectivity index (χ0) is 15.8. The number of ether oxygens (including phenoxy) is 1. The molecule has 0 spiro atoms.